The van der Waals surface area contributed by atoms with Crippen molar-refractivity contribution in [1.82, 2.24) is 5.32 Å². The third kappa shape index (κ3) is 3.70. The van der Waals surface area contributed by atoms with Gasteiger partial charge in [0.05, 0.1) is 12.1 Å². The van der Waals surface area contributed by atoms with Crippen molar-refractivity contribution in [1.29, 1.82) is 0 Å². The molecule has 0 heterocycles. The molecule has 1 rings (SSSR count). The average molecular weight is 235 g/mol. The molecule has 0 unspecified atom stereocenters. The molecule has 0 aliphatic heterocycles. The molecule has 1 amide bonds. The summed E-state index contributed by atoms with van der Waals surface area (Å²) in [6, 6.07) is 0. The maximum atomic E-state index is 12.9. The molecule has 0 aromatic heterocycles. The van der Waals surface area contributed by atoms with Gasteiger partial charge in [-0.05, 0) is 26.7 Å². The minimum atomic E-state index is -2.61. The molecule has 1 saturated carbocycles. The van der Waals surface area contributed by atoms with Crippen LogP contribution in [0, 0.1) is 5.92 Å². The van der Waals surface area contributed by atoms with E-state index >= 15 is 0 Å². The van der Waals surface area contributed by atoms with Crippen LogP contribution in [0.1, 0.15) is 39.5 Å². The highest BCUT2D eigenvalue weighted by atomic mass is 19.3. The molecule has 0 saturated heterocycles. The molecule has 5 heteroatoms. The third-order valence-electron chi connectivity index (χ3n) is 2.94. The fraction of sp³-hybridized carbons (Fsp3) is 0.909. The van der Waals surface area contributed by atoms with Crippen molar-refractivity contribution in [2.24, 2.45) is 5.92 Å². The van der Waals surface area contributed by atoms with Crippen molar-refractivity contribution < 1.29 is 18.7 Å². The Hall–Kier alpha value is -0.710. The van der Waals surface area contributed by atoms with Crippen LogP contribution in [0.25, 0.3) is 0 Å². The Morgan fingerprint density at radius 3 is 2.38 bits per heavy atom. The SMILES string of the molecule is CC(C)(CO)NC(=O)C1CCC(F)(F)CC1. The highest BCUT2D eigenvalue weighted by molar-refractivity contribution is 5.79. The van der Waals surface area contributed by atoms with E-state index in [4.69, 9.17) is 5.11 Å². The summed E-state index contributed by atoms with van der Waals surface area (Å²) in [6.45, 7) is 3.23. The van der Waals surface area contributed by atoms with Gasteiger partial charge in [-0.3, -0.25) is 4.79 Å². The summed E-state index contributed by atoms with van der Waals surface area (Å²) in [5.41, 5.74) is -0.683. The van der Waals surface area contributed by atoms with Crippen LogP contribution in [0.5, 0.6) is 0 Å². The van der Waals surface area contributed by atoms with Gasteiger partial charge in [0.25, 0.3) is 0 Å². The molecular weight excluding hydrogens is 216 g/mol. The summed E-state index contributed by atoms with van der Waals surface area (Å²) in [5.74, 6) is -3.18. The average Bonchev–Trinajstić information content (AvgIpc) is 2.16. The van der Waals surface area contributed by atoms with Gasteiger partial charge >= 0.3 is 0 Å². The van der Waals surface area contributed by atoms with Gasteiger partial charge in [-0.1, -0.05) is 0 Å². The Morgan fingerprint density at radius 1 is 1.44 bits per heavy atom. The fourth-order valence-electron chi connectivity index (χ4n) is 1.78. The summed E-state index contributed by atoms with van der Waals surface area (Å²) < 4.78 is 25.7. The molecule has 1 aliphatic rings. The highest BCUT2D eigenvalue weighted by Crippen LogP contribution is 2.36. The minimum absolute atomic E-state index is 0.165. The van der Waals surface area contributed by atoms with E-state index in [1.54, 1.807) is 13.8 Å². The second-order valence-corrected chi connectivity index (χ2v) is 5.16. The Kier molecular flexibility index (Phi) is 3.88. The zero-order valence-electron chi connectivity index (χ0n) is 9.72. The molecule has 0 atom stereocenters. The zero-order chi connectivity index (χ0) is 12.4. The number of rotatable bonds is 3. The van der Waals surface area contributed by atoms with E-state index in [-0.39, 0.29) is 44.1 Å². The topological polar surface area (TPSA) is 49.3 Å². The first-order valence-corrected chi connectivity index (χ1v) is 5.56. The molecule has 2 N–H and O–H groups in total. The van der Waals surface area contributed by atoms with E-state index in [1.165, 1.54) is 0 Å². The lowest BCUT2D eigenvalue weighted by Gasteiger charge is -2.31. The predicted octanol–water partition coefficient (Wildman–Crippen LogP) is 1.70. The Balaban J connectivity index is 2.45. The van der Waals surface area contributed by atoms with Crippen molar-refractivity contribution in [3.63, 3.8) is 0 Å². The first-order valence-electron chi connectivity index (χ1n) is 5.56. The lowest BCUT2D eigenvalue weighted by molar-refractivity contribution is -0.131. The number of hydrogen-bond donors (Lipinski definition) is 2. The molecule has 94 valence electrons. The van der Waals surface area contributed by atoms with E-state index in [2.05, 4.69) is 5.32 Å². The van der Waals surface area contributed by atoms with E-state index in [9.17, 15) is 13.6 Å². The maximum absolute atomic E-state index is 12.9. The largest absolute Gasteiger partial charge is 0.394 e. The van der Waals surface area contributed by atoms with Crippen molar-refractivity contribution in [3.8, 4) is 0 Å². The van der Waals surface area contributed by atoms with Crippen LogP contribution in [0.15, 0.2) is 0 Å². The number of amides is 1. The normalized spacial score (nSPS) is 21.8. The van der Waals surface area contributed by atoms with Crippen LogP contribution in [0.2, 0.25) is 0 Å². The van der Waals surface area contributed by atoms with Crippen molar-refractivity contribution in [3.05, 3.63) is 0 Å². The number of hydrogen-bond acceptors (Lipinski definition) is 2. The van der Waals surface area contributed by atoms with Crippen LogP contribution < -0.4 is 5.32 Å². The summed E-state index contributed by atoms with van der Waals surface area (Å²) in [7, 11) is 0. The summed E-state index contributed by atoms with van der Waals surface area (Å²) in [4.78, 5) is 11.7. The van der Waals surface area contributed by atoms with Crippen LogP contribution in [0.3, 0.4) is 0 Å². The maximum Gasteiger partial charge on any atom is 0.248 e. The lowest BCUT2D eigenvalue weighted by atomic mass is 9.85. The van der Waals surface area contributed by atoms with E-state index in [0.29, 0.717) is 0 Å². The van der Waals surface area contributed by atoms with Gasteiger partial charge in [-0.2, -0.15) is 0 Å². The Morgan fingerprint density at radius 2 is 1.94 bits per heavy atom. The van der Waals surface area contributed by atoms with Gasteiger partial charge in [0.2, 0.25) is 11.8 Å². The number of nitrogens with one attached hydrogen (secondary N) is 1. The zero-order valence-corrected chi connectivity index (χ0v) is 9.72. The lowest BCUT2D eigenvalue weighted by Crippen LogP contribution is -2.49. The minimum Gasteiger partial charge on any atom is -0.394 e. The van der Waals surface area contributed by atoms with Gasteiger partial charge in [0, 0.05) is 18.8 Å². The standard InChI is InChI=1S/C11H19F2NO2/c1-10(2,7-15)14-9(16)8-3-5-11(12,13)6-4-8/h8,15H,3-7H2,1-2H3,(H,14,16). The number of aliphatic hydroxyl groups is 1. The molecule has 3 nitrogen and oxygen atoms in total. The molecule has 0 bridgehead atoms. The molecule has 0 radical (unpaired) electrons. The third-order valence-corrected chi connectivity index (χ3v) is 2.94. The summed E-state index contributed by atoms with van der Waals surface area (Å²) in [5, 5.41) is 11.7. The molecule has 1 fully saturated rings. The second kappa shape index (κ2) is 4.65. The first kappa shape index (κ1) is 13.4. The van der Waals surface area contributed by atoms with Crippen molar-refractivity contribution in [2.75, 3.05) is 6.61 Å². The number of halogens is 2. The van der Waals surface area contributed by atoms with Gasteiger partial charge in [0.15, 0.2) is 0 Å². The summed E-state index contributed by atoms with van der Waals surface area (Å²) in [6.07, 6.45) is 0.00989. The molecule has 0 spiro atoms. The number of aliphatic hydroxyl groups excluding tert-OH is 1. The summed E-state index contributed by atoms with van der Waals surface area (Å²) >= 11 is 0. The Labute approximate surface area is 94.2 Å². The van der Waals surface area contributed by atoms with Crippen LogP contribution >= 0.6 is 0 Å². The molecular formula is C11H19F2NO2. The van der Waals surface area contributed by atoms with Gasteiger partial charge in [0.1, 0.15) is 0 Å². The number of alkyl halides is 2. The van der Waals surface area contributed by atoms with E-state index < -0.39 is 11.5 Å². The molecule has 0 aromatic carbocycles. The van der Waals surface area contributed by atoms with Gasteiger partial charge in [-0.25, -0.2) is 8.78 Å². The Bertz CT molecular complexity index is 257. The highest BCUT2D eigenvalue weighted by Gasteiger charge is 2.38. The molecule has 1 aliphatic carbocycles. The number of carbonyl (C=O) groups excluding carboxylic acids is 1. The number of carbonyl (C=O) groups is 1. The van der Waals surface area contributed by atoms with Crippen LogP contribution in [-0.2, 0) is 4.79 Å². The van der Waals surface area contributed by atoms with Gasteiger partial charge < -0.3 is 10.4 Å². The van der Waals surface area contributed by atoms with E-state index in [0.717, 1.165) is 0 Å². The fourth-order valence-corrected chi connectivity index (χ4v) is 1.78. The van der Waals surface area contributed by atoms with Crippen LogP contribution in [0.4, 0.5) is 8.78 Å². The quantitative estimate of drug-likeness (QED) is 0.782. The second-order valence-electron chi connectivity index (χ2n) is 5.16. The van der Waals surface area contributed by atoms with E-state index in [1.807, 2.05) is 0 Å². The smallest absolute Gasteiger partial charge is 0.248 e. The van der Waals surface area contributed by atoms with Crippen molar-refractivity contribution in [2.45, 2.75) is 51.0 Å². The molecule has 0 aromatic rings. The van der Waals surface area contributed by atoms with Crippen molar-refractivity contribution >= 4 is 5.91 Å². The molecule has 16 heavy (non-hydrogen) atoms. The van der Waals surface area contributed by atoms with Crippen LogP contribution in [-0.4, -0.2) is 29.1 Å². The predicted molar refractivity (Wildman–Crippen MR) is 56.2 cm³/mol. The monoisotopic (exact) mass is 235 g/mol. The van der Waals surface area contributed by atoms with Gasteiger partial charge in [-0.15, -0.1) is 0 Å². The first-order chi connectivity index (χ1) is 7.26.